The zero-order valence-electron chi connectivity index (χ0n) is 18.5. The normalized spacial score (nSPS) is 41.2. The molecule has 2 N–H and O–H groups in total. The Morgan fingerprint density at radius 3 is 2.50 bits per heavy atom. The standard InChI is InChI=1S/C27H28O5/c1-14-10-19-18-12-17(28)6-7-20(18)32-27(13-14)24(30)22-16-5-4-15(11-16)21(22)23(29)26(19,27)9-8-25(2,3)31/h4-10,12,15-16,19,21-22,28,31H,11,13H2,1-3H3/b9-8+/t15-,16+,19+,21-,22+,26+,27-/m0/s1. The molecular weight excluding hydrogens is 404 g/mol. The van der Waals surface area contributed by atoms with Crippen molar-refractivity contribution in [2.75, 3.05) is 0 Å². The molecule has 7 atom stereocenters. The first-order valence-corrected chi connectivity index (χ1v) is 11.5. The van der Waals surface area contributed by atoms with Gasteiger partial charge in [-0.15, -0.1) is 0 Å². The third-order valence-electron chi connectivity index (χ3n) is 8.37. The van der Waals surface area contributed by atoms with Crippen molar-refractivity contribution < 1.29 is 24.5 Å². The molecule has 1 aromatic carbocycles. The van der Waals surface area contributed by atoms with Crippen LogP contribution >= 0.6 is 0 Å². The van der Waals surface area contributed by atoms with E-state index >= 15 is 0 Å². The van der Waals surface area contributed by atoms with Crippen LogP contribution in [0.1, 0.15) is 45.1 Å². The summed E-state index contributed by atoms with van der Waals surface area (Å²) >= 11 is 0. The summed E-state index contributed by atoms with van der Waals surface area (Å²) in [6, 6.07) is 4.89. The fourth-order valence-corrected chi connectivity index (χ4v) is 7.21. The van der Waals surface area contributed by atoms with Gasteiger partial charge in [0.1, 0.15) is 16.9 Å². The largest absolute Gasteiger partial charge is 0.508 e. The van der Waals surface area contributed by atoms with Crippen molar-refractivity contribution in [2.24, 2.45) is 29.1 Å². The summed E-state index contributed by atoms with van der Waals surface area (Å²) in [5, 5.41) is 20.8. The van der Waals surface area contributed by atoms with Gasteiger partial charge in [0.15, 0.2) is 17.2 Å². The van der Waals surface area contributed by atoms with Crippen LogP contribution in [0.2, 0.25) is 0 Å². The number of Topliss-reactive ketones (excluding diaryl/α,β-unsaturated/α-hetero) is 2. The first-order chi connectivity index (χ1) is 15.1. The Bertz CT molecular complexity index is 1150. The van der Waals surface area contributed by atoms with E-state index in [2.05, 4.69) is 18.2 Å². The number of allylic oxidation sites excluding steroid dienone is 3. The van der Waals surface area contributed by atoms with E-state index in [1.54, 1.807) is 44.2 Å². The summed E-state index contributed by atoms with van der Waals surface area (Å²) in [5.41, 5.74) is -2.06. The quantitative estimate of drug-likeness (QED) is 0.694. The Labute approximate surface area is 187 Å². The summed E-state index contributed by atoms with van der Waals surface area (Å²) in [7, 11) is 0. The molecule has 0 spiro atoms. The third-order valence-corrected chi connectivity index (χ3v) is 8.37. The lowest BCUT2D eigenvalue weighted by Crippen LogP contribution is -2.73. The highest BCUT2D eigenvalue weighted by Crippen LogP contribution is 2.68. The Balaban J connectivity index is 1.68. The number of hydrogen-bond acceptors (Lipinski definition) is 5. The highest BCUT2D eigenvalue weighted by molar-refractivity contribution is 6.10. The van der Waals surface area contributed by atoms with Crippen molar-refractivity contribution in [3.05, 3.63) is 59.7 Å². The van der Waals surface area contributed by atoms with Crippen molar-refractivity contribution >= 4 is 11.6 Å². The Morgan fingerprint density at radius 1 is 1.12 bits per heavy atom. The highest BCUT2D eigenvalue weighted by Gasteiger charge is 2.76. The predicted octanol–water partition coefficient (Wildman–Crippen LogP) is 3.86. The minimum absolute atomic E-state index is 0.00974. The molecule has 0 aromatic heterocycles. The summed E-state index contributed by atoms with van der Waals surface area (Å²) in [6.45, 7) is 5.29. The van der Waals surface area contributed by atoms with Gasteiger partial charge in [-0.05, 0) is 57.2 Å². The van der Waals surface area contributed by atoms with E-state index < -0.39 is 22.5 Å². The molecule has 5 heteroatoms. The number of phenols is 1. The number of phenolic OH excluding ortho intramolecular Hbond substituents is 1. The van der Waals surface area contributed by atoms with Crippen LogP contribution in [0.4, 0.5) is 0 Å². The van der Waals surface area contributed by atoms with Crippen molar-refractivity contribution in [2.45, 2.75) is 50.7 Å². The van der Waals surface area contributed by atoms with Gasteiger partial charge in [-0.1, -0.05) is 36.0 Å². The molecule has 5 aliphatic rings. The molecule has 0 saturated heterocycles. The molecule has 0 unspecified atom stereocenters. The van der Waals surface area contributed by atoms with Gasteiger partial charge in [0.05, 0.1) is 5.60 Å². The smallest absolute Gasteiger partial charge is 0.187 e. The van der Waals surface area contributed by atoms with Gasteiger partial charge in [-0.25, -0.2) is 0 Å². The highest BCUT2D eigenvalue weighted by atomic mass is 16.5. The number of rotatable bonds is 2. The van der Waals surface area contributed by atoms with Crippen molar-refractivity contribution in [3.63, 3.8) is 0 Å². The fourth-order valence-electron chi connectivity index (χ4n) is 7.21. The Hall–Kier alpha value is -2.66. The van der Waals surface area contributed by atoms with Gasteiger partial charge < -0.3 is 14.9 Å². The lowest BCUT2D eigenvalue weighted by molar-refractivity contribution is -0.177. The summed E-state index contributed by atoms with van der Waals surface area (Å²) in [4.78, 5) is 28.9. The molecule has 1 heterocycles. The van der Waals surface area contributed by atoms with E-state index in [4.69, 9.17) is 4.74 Å². The molecule has 4 aliphatic carbocycles. The topological polar surface area (TPSA) is 83.8 Å². The van der Waals surface area contributed by atoms with Gasteiger partial charge in [-0.3, -0.25) is 9.59 Å². The van der Waals surface area contributed by atoms with Gasteiger partial charge in [-0.2, -0.15) is 0 Å². The Morgan fingerprint density at radius 2 is 1.81 bits per heavy atom. The number of hydrogen-bond donors (Lipinski definition) is 2. The molecule has 1 aromatic rings. The van der Waals surface area contributed by atoms with Crippen LogP contribution in [0.25, 0.3) is 0 Å². The fraction of sp³-hybridized carbons (Fsp3) is 0.481. The number of carbonyl (C=O) groups is 2. The van der Waals surface area contributed by atoms with Crippen LogP contribution in [0.15, 0.2) is 54.2 Å². The molecule has 1 aliphatic heterocycles. The average Bonchev–Trinajstić information content (AvgIpc) is 3.32. The van der Waals surface area contributed by atoms with Gasteiger partial charge in [0, 0.05) is 29.7 Å². The maximum atomic E-state index is 14.5. The average molecular weight is 433 g/mol. The maximum absolute atomic E-state index is 14.5. The molecule has 2 fully saturated rings. The number of ether oxygens (including phenoxy) is 1. The number of fused-ring (bicyclic) bond motifs is 7. The first-order valence-electron chi connectivity index (χ1n) is 11.5. The summed E-state index contributed by atoms with van der Waals surface area (Å²) in [6.07, 6.45) is 10.8. The van der Waals surface area contributed by atoms with Gasteiger partial charge in [0.2, 0.25) is 0 Å². The predicted molar refractivity (Wildman–Crippen MR) is 118 cm³/mol. The van der Waals surface area contributed by atoms with Crippen LogP contribution < -0.4 is 4.74 Å². The molecule has 5 nitrogen and oxygen atoms in total. The van der Waals surface area contributed by atoms with E-state index in [0.717, 1.165) is 12.0 Å². The van der Waals surface area contributed by atoms with Crippen molar-refractivity contribution in [1.29, 1.82) is 0 Å². The van der Waals surface area contributed by atoms with E-state index in [9.17, 15) is 19.8 Å². The number of carbonyl (C=O) groups excluding carboxylic acids is 2. The van der Waals surface area contributed by atoms with Crippen LogP contribution in [-0.2, 0) is 9.59 Å². The molecule has 4 bridgehead atoms. The summed E-state index contributed by atoms with van der Waals surface area (Å²) in [5.74, 6) is -0.344. The Kier molecular flexibility index (Phi) is 3.76. The minimum Gasteiger partial charge on any atom is -0.508 e. The monoisotopic (exact) mass is 432 g/mol. The second-order valence-electron chi connectivity index (χ2n) is 10.9. The number of benzene rings is 1. The van der Waals surface area contributed by atoms with Gasteiger partial charge >= 0.3 is 0 Å². The summed E-state index contributed by atoms with van der Waals surface area (Å²) < 4.78 is 6.61. The van der Waals surface area contributed by atoms with E-state index in [1.807, 2.05) is 6.92 Å². The van der Waals surface area contributed by atoms with Crippen LogP contribution in [-0.4, -0.2) is 33.0 Å². The molecule has 166 valence electrons. The van der Waals surface area contributed by atoms with E-state index in [0.29, 0.717) is 17.7 Å². The van der Waals surface area contributed by atoms with Crippen molar-refractivity contribution in [3.8, 4) is 11.5 Å². The first kappa shape index (κ1) is 20.0. The van der Waals surface area contributed by atoms with Crippen molar-refractivity contribution in [1.82, 2.24) is 0 Å². The lowest BCUT2D eigenvalue weighted by Gasteiger charge is -2.61. The molecule has 0 amide bonds. The third kappa shape index (κ3) is 2.27. The van der Waals surface area contributed by atoms with E-state index in [-0.39, 0.29) is 41.0 Å². The van der Waals surface area contributed by atoms with Gasteiger partial charge in [0.25, 0.3) is 0 Å². The van der Waals surface area contributed by atoms with Crippen LogP contribution in [0, 0.1) is 29.1 Å². The van der Waals surface area contributed by atoms with E-state index in [1.165, 1.54) is 0 Å². The molecule has 32 heavy (non-hydrogen) atoms. The second kappa shape index (κ2) is 6.02. The molecule has 0 radical (unpaired) electrons. The molecule has 6 rings (SSSR count). The second-order valence-corrected chi connectivity index (χ2v) is 10.9. The maximum Gasteiger partial charge on any atom is 0.187 e. The number of aromatic hydroxyl groups is 1. The zero-order valence-corrected chi connectivity index (χ0v) is 18.5. The lowest BCUT2D eigenvalue weighted by atomic mass is 9.44. The number of ketones is 2. The number of aliphatic hydroxyl groups is 1. The zero-order chi connectivity index (χ0) is 22.6. The molecule has 2 saturated carbocycles. The molecular formula is C27H28O5. The SMILES string of the molecule is CC1=C[C@@H]2c3cc(O)ccc3O[C@@]3(C1)C(=O)[C@H]1[C@@H](C(=O)[C@@]23/C=C/C(C)(C)O)[C@H]2C=C[C@@H]1C2. The van der Waals surface area contributed by atoms with Crippen LogP contribution in [0.3, 0.4) is 0 Å². The van der Waals surface area contributed by atoms with Crippen LogP contribution in [0.5, 0.6) is 11.5 Å². The minimum atomic E-state index is -1.35.